The number of imidazole rings is 1. The normalized spacial score (nSPS) is 15.1. The zero-order valence-corrected chi connectivity index (χ0v) is 17.7. The van der Waals surface area contributed by atoms with Crippen molar-refractivity contribution in [3.63, 3.8) is 0 Å². The minimum atomic E-state index is -0.0482. The van der Waals surface area contributed by atoms with Gasteiger partial charge in [-0.05, 0) is 42.3 Å². The monoisotopic (exact) mass is 427 g/mol. The molecule has 1 unspecified atom stereocenters. The molecule has 1 amide bonds. The Balaban J connectivity index is 1.25. The molecule has 3 aromatic carbocycles. The Morgan fingerprint density at radius 3 is 2.72 bits per heavy atom. The molecule has 0 radical (unpaired) electrons. The maximum Gasteiger partial charge on any atom is 0.240 e. The van der Waals surface area contributed by atoms with E-state index in [2.05, 4.69) is 11.4 Å². The van der Waals surface area contributed by atoms with Crippen LogP contribution in [0.1, 0.15) is 11.4 Å². The van der Waals surface area contributed by atoms with Crippen molar-refractivity contribution in [2.24, 2.45) is 5.92 Å². The van der Waals surface area contributed by atoms with Crippen molar-refractivity contribution in [3.8, 4) is 11.5 Å². The average Bonchev–Trinajstić information content (AvgIpc) is 3.19. The first-order valence-electron chi connectivity index (χ1n) is 10.9. The summed E-state index contributed by atoms with van der Waals surface area (Å²) in [6.07, 6.45) is 0.903. The van der Waals surface area contributed by atoms with E-state index in [1.54, 1.807) is 0 Å². The number of hydrogen-bond acceptors (Lipinski definition) is 4. The standard InChI is InChI=1S/C26H25N3O3/c30-26(27-15-19-14-20-8-4-7-13-24(20)32-17-19)16-29-23-12-6-5-11-22(23)28-25(29)18-31-21-9-2-1-3-10-21/h1-13,19H,14-18H2,(H,27,30). The maximum absolute atomic E-state index is 12.8. The van der Waals surface area contributed by atoms with Crippen LogP contribution in [0, 0.1) is 5.92 Å². The van der Waals surface area contributed by atoms with Crippen molar-refractivity contribution in [2.45, 2.75) is 19.6 Å². The van der Waals surface area contributed by atoms with Crippen LogP contribution in [0.4, 0.5) is 0 Å². The van der Waals surface area contributed by atoms with Crippen LogP contribution in [0.25, 0.3) is 11.0 Å². The lowest BCUT2D eigenvalue weighted by atomic mass is 9.97. The van der Waals surface area contributed by atoms with Crippen LogP contribution in [0.15, 0.2) is 78.9 Å². The lowest BCUT2D eigenvalue weighted by Gasteiger charge is -2.25. The first-order valence-corrected chi connectivity index (χ1v) is 10.9. The summed E-state index contributed by atoms with van der Waals surface area (Å²) in [5, 5.41) is 3.08. The Morgan fingerprint density at radius 2 is 1.81 bits per heavy atom. The second-order valence-corrected chi connectivity index (χ2v) is 8.00. The third-order valence-electron chi connectivity index (χ3n) is 5.69. The molecule has 6 nitrogen and oxygen atoms in total. The van der Waals surface area contributed by atoms with E-state index in [9.17, 15) is 4.79 Å². The lowest BCUT2D eigenvalue weighted by Crippen LogP contribution is -2.36. The Labute approximate surface area is 186 Å². The van der Waals surface area contributed by atoms with Gasteiger partial charge in [0.2, 0.25) is 5.91 Å². The van der Waals surface area contributed by atoms with Gasteiger partial charge in [-0.1, -0.05) is 48.5 Å². The molecule has 1 aromatic heterocycles. The summed E-state index contributed by atoms with van der Waals surface area (Å²) < 4.78 is 13.7. The molecule has 0 aliphatic carbocycles. The molecule has 0 saturated heterocycles. The number of benzene rings is 3. The summed E-state index contributed by atoms with van der Waals surface area (Å²) in [7, 11) is 0. The molecule has 0 bridgehead atoms. The zero-order chi connectivity index (χ0) is 21.8. The van der Waals surface area contributed by atoms with E-state index in [1.165, 1.54) is 5.56 Å². The number of rotatable bonds is 7. The first-order chi connectivity index (χ1) is 15.8. The molecule has 5 rings (SSSR count). The first kappa shape index (κ1) is 20.1. The molecular formula is C26H25N3O3. The molecule has 1 N–H and O–H groups in total. The second kappa shape index (κ2) is 9.14. The van der Waals surface area contributed by atoms with Gasteiger partial charge in [-0.25, -0.2) is 4.98 Å². The van der Waals surface area contributed by atoms with Crippen molar-refractivity contribution in [3.05, 3.63) is 90.3 Å². The highest BCUT2D eigenvalue weighted by atomic mass is 16.5. The van der Waals surface area contributed by atoms with Crippen molar-refractivity contribution in [1.82, 2.24) is 14.9 Å². The smallest absolute Gasteiger partial charge is 0.240 e. The lowest BCUT2D eigenvalue weighted by molar-refractivity contribution is -0.121. The van der Waals surface area contributed by atoms with Crippen LogP contribution in [-0.4, -0.2) is 28.6 Å². The number of aromatic nitrogens is 2. The highest BCUT2D eigenvalue weighted by molar-refractivity contribution is 5.81. The maximum atomic E-state index is 12.8. The van der Waals surface area contributed by atoms with E-state index >= 15 is 0 Å². The van der Waals surface area contributed by atoms with Crippen molar-refractivity contribution in [2.75, 3.05) is 13.2 Å². The predicted octanol–water partition coefficient (Wildman–Crippen LogP) is 3.98. The second-order valence-electron chi connectivity index (χ2n) is 8.00. The van der Waals surface area contributed by atoms with Gasteiger partial charge in [0.15, 0.2) is 0 Å². The Morgan fingerprint density at radius 1 is 1.03 bits per heavy atom. The third-order valence-corrected chi connectivity index (χ3v) is 5.69. The third kappa shape index (κ3) is 4.44. The molecule has 2 heterocycles. The average molecular weight is 428 g/mol. The van der Waals surface area contributed by atoms with Crippen LogP contribution in [0.5, 0.6) is 11.5 Å². The molecule has 0 fully saturated rings. The van der Waals surface area contributed by atoms with Crippen LogP contribution in [-0.2, 0) is 24.4 Å². The molecule has 1 aliphatic rings. The summed E-state index contributed by atoms with van der Waals surface area (Å²) >= 11 is 0. The predicted molar refractivity (Wildman–Crippen MR) is 123 cm³/mol. The molecule has 0 saturated carbocycles. The molecule has 1 aliphatic heterocycles. The van der Waals surface area contributed by atoms with Crippen LogP contribution in [0.2, 0.25) is 0 Å². The van der Waals surface area contributed by atoms with Gasteiger partial charge < -0.3 is 19.4 Å². The van der Waals surface area contributed by atoms with Gasteiger partial charge in [-0.3, -0.25) is 4.79 Å². The fourth-order valence-electron chi connectivity index (χ4n) is 4.06. The molecule has 1 atom stereocenters. The summed E-state index contributed by atoms with van der Waals surface area (Å²) in [6.45, 7) is 1.68. The molecule has 6 heteroatoms. The van der Waals surface area contributed by atoms with Gasteiger partial charge in [0.05, 0.1) is 17.6 Å². The quantitative estimate of drug-likeness (QED) is 0.485. The Bertz CT molecular complexity index is 1220. The van der Waals surface area contributed by atoms with Gasteiger partial charge in [0, 0.05) is 12.5 Å². The topological polar surface area (TPSA) is 65.4 Å². The molecule has 32 heavy (non-hydrogen) atoms. The minimum Gasteiger partial charge on any atom is -0.493 e. The molecule has 0 spiro atoms. The van der Waals surface area contributed by atoms with E-state index in [0.717, 1.165) is 34.8 Å². The van der Waals surface area contributed by atoms with Crippen molar-refractivity contribution in [1.29, 1.82) is 0 Å². The van der Waals surface area contributed by atoms with Crippen molar-refractivity contribution >= 4 is 16.9 Å². The number of nitrogens with zero attached hydrogens (tertiary/aromatic N) is 2. The van der Waals surface area contributed by atoms with E-state index in [4.69, 9.17) is 14.5 Å². The van der Waals surface area contributed by atoms with E-state index in [0.29, 0.717) is 19.8 Å². The fourth-order valence-corrected chi connectivity index (χ4v) is 4.06. The molecule has 162 valence electrons. The Kier molecular flexibility index (Phi) is 5.75. The number of fused-ring (bicyclic) bond motifs is 2. The van der Waals surface area contributed by atoms with Gasteiger partial charge >= 0.3 is 0 Å². The van der Waals surface area contributed by atoms with Gasteiger partial charge in [0.1, 0.15) is 30.5 Å². The van der Waals surface area contributed by atoms with Crippen LogP contribution < -0.4 is 14.8 Å². The number of hydrogen-bond donors (Lipinski definition) is 1. The number of ether oxygens (including phenoxy) is 2. The highest BCUT2D eigenvalue weighted by Gasteiger charge is 2.21. The summed E-state index contributed by atoms with van der Waals surface area (Å²) in [5.41, 5.74) is 2.97. The van der Waals surface area contributed by atoms with Gasteiger partial charge in [-0.15, -0.1) is 0 Å². The number of carbonyl (C=O) groups is 1. The summed E-state index contributed by atoms with van der Waals surface area (Å²) in [5.74, 6) is 2.65. The number of para-hydroxylation sites is 4. The largest absolute Gasteiger partial charge is 0.493 e. The zero-order valence-electron chi connectivity index (χ0n) is 17.7. The van der Waals surface area contributed by atoms with E-state index < -0.39 is 0 Å². The number of carbonyl (C=O) groups excluding carboxylic acids is 1. The van der Waals surface area contributed by atoms with Gasteiger partial charge in [-0.2, -0.15) is 0 Å². The Hall–Kier alpha value is -3.80. The SMILES string of the molecule is O=C(Cn1c(COc2ccccc2)nc2ccccc21)NCC1COc2ccccc2C1. The van der Waals surface area contributed by atoms with Crippen molar-refractivity contribution < 1.29 is 14.3 Å². The number of amides is 1. The van der Waals surface area contributed by atoms with Gasteiger partial charge in [0.25, 0.3) is 0 Å². The van der Waals surface area contributed by atoms with E-state index in [-0.39, 0.29) is 18.4 Å². The van der Waals surface area contributed by atoms with Crippen LogP contribution in [0.3, 0.4) is 0 Å². The molecule has 4 aromatic rings. The fraction of sp³-hybridized carbons (Fsp3) is 0.231. The summed E-state index contributed by atoms with van der Waals surface area (Å²) in [4.78, 5) is 17.5. The highest BCUT2D eigenvalue weighted by Crippen LogP contribution is 2.26. The molecular weight excluding hydrogens is 402 g/mol. The van der Waals surface area contributed by atoms with E-state index in [1.807, 2.05) is 77.4 Å². The minimum absolute atomic E-state index is 0.0482. The summed E-state index contributed by atoms with van der Waals surface area (Å²) in [6, 6.07) is 25.5. The van der Waals surface area contributed by atoms with Crippen LogP contribution >= 0.6 is 0 Å². The number of nitrogens with one attached hydrogen (secondary N) is 1.